The fraction of sp³-hybridized carbons (Fsp3) is 0.182. The van der Waals surface area contributed by atoms with Crippen LogP contribution in [0.5, 0.6) is 5.75 Å². The van der Waals surface area contributed by atoms with Crippen molar-refractivity contribution in [2.45, 2.75) is 0 Å². The first-order chi connectivity index (χ1) is 7.76. The second-order valence-corrected chi connectivity index (χ2v) is 3.30. The second-order valence-electron chi connectivity index (χ2n) is 3.30. The van der Waals surface area contributed by atoms with E-state index in [-0.39, 0.29) is 19.1 Å². The zero-order valence-corrected chi connectivity index (χ0v) is 8.56. The number of amides is 1. The minimum Gasteiger partial charge on any atom is -0.482 e. The minimum absolute atomic E-state index is 0.0179. The molecule has 2 rings (SSSR count). The number of carbonyl (C=O) groups excluding carboxylic acids is 1. The number of nitrogen functional groups attached to an aromatic ring is 1. The molecule has 3 N–H and O–H groups in total. The van der Waals surface area contributed by atoms with Crippen LogP contribution in [0.3, 0.4) is 0 Å². The largest absolute Gasteiger partial charge is 0.482 e. The summed E-state index contributed by atoms with van der Waals surface area (Å²) in [5.74, 6) is 8.23. The number of carbonyl (C=O) groups is 1. The molecule has 0 spiro atoms. The lowest BCUT2D eigenvalue weighted by atomic mass is 10.2. The average molecular weight is 217 g/mol. The molecule has 1 aromatic rings. The van der Waals surface area contributed by atoms with Crippen molar-refractivity contribution < 1.29 is 9.53 Å². The molecule has 0 radical (unpaired) electrons. The van der Waals surface area contributed by atoms with Gasteiger partial charge in [0.1, 0.15) is 5.75 Å². The first-order valence-electron chi connectivity index (χ1n) is 4.73. The fourth-order valence-electron chi connectivity index (χ4n) is 1.56. The van der Waals surface area contributed by atoms with Crippen LogP contribution >= 0.6 is 0 Å². The van der Waals surface area contributed by atoms with Gasteiger partial charge in [0.05, 0.1) is 17.9 Å². The van der Waals surface area contributed by atoms with Crippen molar-refractivity contribution in [1.82, 2.24) is 0 Å². The number of terminal acetylenes is 1. The molecule has 1 heterocycles. The van der Waals surface area contributed by atoms with E-state index in [2.05, 4.69) is 11.3 Å². The second kappa shape index (κ2) is 4.13. The molecule has 0 atom stereocenters. The van der Waals surface area contributed by atoms with Crippen LogP contribution in [0.25, 0.3) is 0 Å². The van der Waals surface area contributed by atoms with Crippen molar-refractivity contribution in [2.24, 2.45) is 5.84 Å². The number of fused-ring (bicyclic) bond motifs is 1. The molecule has 0 unspecified atom stereocenters. The molecule has 0 aromatic heterocycles. The maximum atomic E-state index is 11.6. The topological polar surface area (TPSA) is 67.6 Å². The molecule has 5 heteroatoms. The maximum absolute atomic E-state index is 11.6. The molecule has 5 nitrogen and oxygen atoms in total. The number of nitrogens with one attached hydrogen (secondary N) is 1. The van der Waals surface area contributed by atoms with Gasteiger partial charge in [-0.15, -0.1) is 6.42 Å². The molecule has 1 aliphatic rings. The number of hydrogen-bond acceptors (Lipinski definition) is 4. The van der Waals surface area contributed by atoms with E-state index in [0.717, 1.165) is 0 Å². The summed E-state index contributed by atoms with van der Waals surface area (Å²) in [7, 11) is 0. The predicted octanol–water partition coefficient (Wildman–Crippen LogP) is 0.331. The number of anilines is 2. The predicted molar refractivity (Wildman–Crippen MR) is 60.9 cm³/mol. The first kappa shape index (κ1) is 10.3. The van der Waals surface area contributed by atoms with Gasteiger partial charge in [-0.2, -0.15) is 0 Å². The van der Waals surface area contributed by atoms with Gasteiger partial charge in [-0.1, -0.05) is 5.92 Å². The highest BCUT2D eigenvalue weighted by Gasteiger charge is 2.24. The molecular formula is C11H11N3O2. The zero-order valence-electron chi connectivity index (χ0n) is 8.56. The van der Waals surface area contributed by atoms with Crippen molar-refractivity contribution in [3.8, 4) is 18.1 Å². The third-order valence-corrected chi connectivity index (χ3v) is 2.32. The van der Waals surface area contributed by atoms with Crippen molar-refractivity contribution >= 4 is 17.3 Å². The molecule has 0 aliphatic carbocycles. The molecular weight excluding hydrogens is 206 g/mol. The summed E-state index contributed by atoms with van der Waals surface area (Å²) in [4.78, 5) is 13.1. The van der Waals surface area contributed by atoms with E-state index in [9.17, 15) is 4.79 Å². The van der Waals surface area contributed by atoms with Gasteiger partial charge in [0.15, 0.2) is 6.61 Å². The summed E-state index contributed by atoms with van der Waals surface area (Å²) in [6, 6.07) is 5.24. The maximum Gasteiger partial charge on any atom is 0.265 e. The quantitative estimate of drug-likeness (QED) is 0.425. The fourth-order valence-corrected chi connectivity index (χ4v) is 1.56. The lowest BCUT2D eigenvalue weighted by Gasteiger charge is -2.28. The monoisotopic (exact) mass is 217 g/mol. The molecule has 16 heavy (non-hydrogen) atoms. The minimum atomic E-state index is -0.153. The van der Waals surface area contributed by atoms with Gasteiger partial charge in [0.2, 0.25) is 0 Å². The lowest BCUT2D eigenvalue weighted by molar-refractivity contribution is -0.121. The van der Waals surface area contributed by atoms with Crippen LogP contribution in [-0.4, -0.2) is 19.1 Å². The molecule has 0 saturated carbocycles. The first-order valence-corrected chi connectivity index (χ1v) is 4.73. The van der Waals surface area contributed by atoms with Gasteiger partial charge in [-0.25, -0.2) is 0 Å². The Bertz CT molecular complexity index is 465. The lowest BCUT2D eigenvalue weighted by Crippen LogP contribution is -2.39. The smallest absolute Gasteiger partial charge is 0.265 e. The highest BCUT2D eigenvalue weighted by atomic mass is 16.5. The molecule has 1 aromatic carbocycles. The summed E-state index contributed by atoms with van der Waals surface area (Å²) in [6.07, 6.45) is 5.22. The Balaban J connectivity index is 2.44. The van der Waals surface area contributed by atoms with Gasteiger partial charge < -0.3 is 10.2 Å². The molecule has 82 valence electrons. The summed E-state index contributed by atoms with van der Waals surface area (Å²) in [6.45, 7) is 0.243. The van der Waals surface area contributed by atoms with E-state index in [0.29, 0.717) is 17.1 Å². The Morgan fingerprint density at radius 1 is 1.62 bits per heavy atom. The molecule has 1 aliphatic heterocycles. The molecule has 0 saturated heterocycles. The third kappa shape index (κ3) is 1.66. The Kier molecular flexibility index (Phi) is 2.66. The Hall–Kier alpha value is -2.19. The van der Waals surface area contributed by atoms with E-state index in [1.165, 1.54) is 4.90 Å². The summed E-state index contributed by atoms with van der Waals surface area (Å²) in [5.41, 5.74) is 3.85. The third-order valence-electron chi connectivity index (χ3n) is 2.32. The van der Waals surface area contributed by atoms with Gasteiger partial charge in [-0.3, -0.25) is 15.5 Å². The van der Waals surface area contributed by atoms with Crippen LogP contribution < -0.4 is 20.9 Å². The van der Waals surface area contributed by atoms with Gasteiger partial charge in [-0.05, 0) is 18.2 Å². The number of ether oxygens (including phenoxy) is 1. The van der Waals surface area contributed by atoms with E-state index in [4.69, 9.17) is 17.0 Å². The van der Waals surface area contributed by atoms with Crippen LogP contribution in [0.1, 0.15) is 0 Å². The van der Waals surface area contributed by atoms with Crippen LogP contribution in [0.2, 0.25) is 0 Å². The Morgan fingerprint density at radius 3 is 3.12 bits per heavy atom. The number of nitrogens with zero attached hydrogens (tertiary/aromatic N) is 1. The standard InChI is InChI=1S/C11H11N3O2/c1-2-5-14-9-6-8(13-12)3-4-10(9)16-7-11(14)15/h1,3-4,6,13H,5,7,12H2. The summed E-state index contributed by atoms with van der Waals surface area (Å²) in [5, 5.41) is 0. The van der Waals surface area contributed by atoms with Crippen LogP contribution in [0, 0.1) is 12.3 Å². The van der Waals surface area contributed by atoms with Crippen LogP contribution in [0.15, 0.2) is 18.2 Å². The highest BCUT2D eigenvalue weighted by molar-refractivity contribution is 5.98. The van der Waals surface area contributed by atoms with Crippen molar-refractivity contribution in [3.05, 3.63) is 18.2 Å². The highest BCUT2D eigenvalue weighted by Crippen LogP contribution is 2.33. The number of nitrogens with two attached hydrogens (primary N) is 1. The van der Waals surface area contributed by atoms with E-state index < -0.39 is 0 Å². The zero-order chi connectivity index (χ0) is 11.5. The van der Waals surface area contributed by atoms with E-state index in [1.54, 1.807) is 18.2 Å². The number of hydrazine groups is 1. The van der Waals surface area contributed by atoms with Crippen molar-refractivity contribution in [3.63, 3.8) is 0 Å². The average Bonchev–Trinajstić information content (AvgIpc) is 2.32. The SMILES string of the molecule is C#CCN1C(=O)COc2ccc(NN)cc21. The van der Waals surface area contributed by atoms with Crippen molar-refractivity contribution in [2.75, 3.05) is 23.5 Å². The summed E-state index contributed by atoms with van der Waals surface area (Å²) < 4.78 is 5.28. The molecule has 0 bridgehead atoms. The number of benzene rings is 1. The Labute approximate surface area is 93.1 Å². The van der Waals surface area contributed by atoms with Crippen LogP contribution in [-0.2, 0) is 4.79 Å². The Morgan fingerprint density at radius 2 is 2.44 bits per heavy atom. The van der Waals surface area contributed by atoms with E-state index >= 15 is 0 Å². The van der Waals surface area contributed by atoms with Crippen LogP contribution in [0.4, 0.5) is 11.4 Å². The normalized spacial score (nSPS) is 13.8. The van der Waals surface area contributed by atoms with Gasteiger partial charge in [0, 0.05) is 0 Å². The molecule has 0 fully saturated rings. The van der Waals surface area contributed by atoms with Gasteiger partial charge in [0.25, 0.3) is 5.91 Å². The van der Waals surface area contributed by atoms with Crippen molar-refractivity contribution in [1.29, 1.82) is 0 Å². The van der Waals surface area contributed by atoms with Gasteiger partial charge >= 0.3 is 0 Å². The number of rotatable bonds is 2. The molecule has 1 amide bonds. The summed E-state index contributed by atoms with van der Waals surface area (Å²) >= 11 is 0. The number of hydrogen-bond donors (Lipinski definition) is 2. The van der Waals surface area contributed by atoms with E-state index in [1.807, 2.05) is 0 Å².